The van der Waals surface area contributed by atoms with Crippen molar-refractivity contribution in [2.24, 2.45) is 0 Å². The van der Waals surface area contributed by atoms with Gasteiger partial charge in [0.25, 0.3) is 0 Å². The molecule has 1 heterocycles. The number of benzene rings is 2. The third kappa shape index (κ3) is 4.05. The van der Waals surface area contributed by atoms with Crippen LogP contribution in [0, 0.1) is 6.92 Å². The lowest BCUT2D eigenvalue weighted by Crippen LogP contribution is -2.33. The molecule has 1 aromatic heterocycles. The van der Waals surface area contributed by atoms with Gasteiger partial charge in [0.15, 0.2) is 9.84 Å². The molecule has 0 spiro atoms. The van der Waals surface area contributed by atoms with E-state index in [2.05, 4.69) is 0 Å². The van der Waals surface area contributed by atoms with Crippen molar-refractivity contribution < 1.29 is 18.6 Å². The van der Waals surface area contributed by atoms with Crippen LogP contribution in [0.25, 0.3) is 16.9 Å². The second-order valence-corrected chi connectivity index (χ2v) is 10.2. The number of hydrogen-bond donors (Lipinski definition) is 2. The quantitative estimate of drug-likeness (QED) is 0.667. The van der Waals surface area contributed by atoms with E-state index in [0.29, 0.717) is 37.1 Å². The average molecular weight is 427 g/mol. The first-order valence-electron chi connectivity index (χ1n) is 10.0. The highest BCUT2D eigenvalue weighted by atomic mass is 32.2. The fourth-order valence-corrected chi connectivity index (χ4v) is 4.54. The maximum Gasteiger partial charge on any atom is 0.175 e. The lowest BCUT2D eigenvalue weighted by atomic mass is 9.81. The molecule has 4 rings (SSSR count). The Balaban J connectivity index is 1.82. The Kier molecular flexibility index (Phi) is 5.30. The first-order chi connectivity index (χ1) is 14.2. The van der Waals surface area contributed by atoms with Crippen LogP contribution in [-0.4, -0.2) is 40.8 Å². The van der Waals surface area contributed by atoms with Gasteiger partial charge < -0.3 is 10.2 Å². The molecule has 0 radical (unpaired) electrons. The minimum Gasteiger partial charge on any atom is -0.393 e. The molecule has 7 heteroatoms. The number of aliphatic hydroxyl groups is 2. The standard InChI is InChI=1S/C23H26N2O4S/c1-16-3-5-17(6-4-16)21-15-22(23(27)13-11-19(26)12-14-23)24-25(21)18-7-9-20(10-8-18)30(2,28)29/h3-10,15,19,26-27H,11-14H2,1-2H3. The van der Waals surface area contributed by atoms with Gasteiger partial charge in [-0.3, -0.25) is 0 Å². The number of aromatic nitrogens is 2. The highest BCUT2D eigenvalue weighted by molar-refractivity contribution is 7.90. The number of sulfone groups is 1. The van der Waals surface area contributed by atoms with E-state index in [4.69, 9.17) is 5.10 Å². The van der Waals surface area contributed by atoms with Gasteiger partial charge in [-0.1, -0.05) is 29.8 Å². The zero-order valence-corrected chi connectivity index (χ0v) is 17.9. The van der Waals surface area contributed by atoms with Gasteiger partial charge in [-0.25, -0.2) is 13.1 Å². The van der Waals surface area contributed by atoms with Gasteiger partial charge in [0.1, 0.15) is 5.60 Å². The Bertz CT molecular complexity index is 1140. The second kappa shape index (κ2) is 7.65. The van der Waals surface area contributed by atoms with E-state index < -0.39 is 15.4 Å². The number of aliphatic hydroxyl groups excluding tert-OH is 1. The van der Waals surface area contributed by atoms with Crippen molar-refractivity contribution in [3.63, 3.8) is 0 Å². The van der Waals surface area contributed by atoms with E-state index in [1.54, 1.807) is 28.9 Å². The van der Waals surface area contributed by atoms with Crippen LogP contribution < -0.4 is 0 Å². The smallest absolute Gasteiger partial charge is 0.175 e. The Morgan fingerprint density at radius 1 is 1.03 bits per heavy atom. The fraction of sp³-hybridized carbons (Fsp3) is 0.348. The predicted octanol–water partition coefficient (Wildman–Crippen LogP) is 3.37. The molecule has 0 unspecified atom stereocenters. The highest BCUT2D eigenvalue weighted by Gasteiger charge is 2.37. The van der Waals surface area contributed by atoms with Gasteiger partial charge in [-0.2, -0.15) is 5.10 Å². The summed E-state index contributed by atoms with van der Waals surface area (Å²) in [6.07, 6.45) is 2.77. The molecule has 2 aromatic carbocycles. The summed E-state index contributed by atoms with van der Waals surface area (Å²) in [6, 6.07) is 16.5. The van der Waals surface area contributed by atoms with Crippen molar-refractivity contribution in [2.45, 2.75) is 49.2 Å². The van der Waals surface area contributed by atoms with E-state index >= 15 is 0 Å². The van der Waals surface area contributed by atoms with Gasteiger partial charge >= 0.3 is 0 Å². The largest absolute Gasteiger partial charge is 0.393 e. The van der Waals surface area contributed by atoms with Crippen molar-refractivity contribution in [1.82, 2.24) is 9.78 Å². The maximum atomic E-state index is 11.8. The number of aryl methyl sites for hydroxylation is 1. The fourth-order valence-electron chi connectivity index (χ4n) is 3.91. The van der Waals surface area contributed by atoms with Gasteiger partial charge in [-0.05, 0) is 62.9 Å². The third-order valence-corrected chi connectivity index (χ3v) is 6.95. The summed E-state index contributed by atoms with van der Waals surface area (Å²) in [5.41, 5.74) is 3.10. The van der Waals surface area contributed by atoms with E-state index in [0.717, 1.165) is 16.8 Å². The van der Waals surface area contributed by atoms with E-state index in [9.17, 15) is 18.6 Å². The Morgan fingerprint density at radius 3 is 2.20 bits per heavy atom. The summed E-state index contributed by atoms with van der Waals surface area (Å²) in [5.74, 6) is 0. The summed E-state index contributed by atoms with van der Waals surface area (Å²) in [4.78, 5) is 0.246. The molecule has 1 aliphatic carbocycles. The van der Waals surface area contributed by atoms with Gasteiger partial charge in [0.2, 0.25) is 0 Å². The molecule has 2 N–H and O–H groups in total. The topological polar surface area (TPSA) is 92.4 Å². The van der Waals surface area contributed by atoms with Gasteiger partial charge in [0.05, 0.1) is 28.1 Å². The van der Waals surface area contributed by atoms with E-state index in [1.807, 2.05) is 37.3 Å². The summed E-state index contributed by atoms with van der Waals surface area (Å²) in [5, 5.41) is 25.8. The van der Waals surface area contributed by atoms with E-state index in [1.165, 1.54) is 6.26 Å². The van der Waals surface area contributed by atoms with Crippen LogP contribution in [0.15, 0.2) is 59.5 Å². The van der Waals surface area contributed by atoms with Crippen LogP contribution in [0.5, 0.6) is 0 Å². The van der Waals surface area contributed by atoms with Crippen LogP contribution >= 0.6 is 0 Å². The summed E-state index contributed by atoms with van der Waals surface area (Å²) < 4.78 is 25.4. The van der Waals surface area contributed by atoms with Crippen LogP contribution in [0.1, 0.15) is 36.9 Å². The zero-order valence-electron chi connectivity index (χ0n) is 17.1. The normalized spacial score (nSPS) is 22.2. The van der Waals surface area contributed by atoms with Crippen molar-refractivity contribution in [1.29, 1.82) is 0 Å². The minimum absolute atomic E-state index is 0.246. The third-order valence-electron chi connectivity index (χ3n) is 5.83. The SMILES string of the molecule is Cc1ccc(-c2cc(C3(O)CCC(O)CC3)nn2-c2ccc(S(C)(=O)=O)cc2)cc1. The first-order valence-corrected chi connectivity index (χ1v) is 11.9. The lowest BCUT2D eigenvalue weighted by molar-refractivity contribution is -0.0393. The minimum atomic E-state index is -3.29. The van der Waals surface area contributed by atoms with E-state index in [-0.39, 0.29) is 11.0 Å². The molecule has 30 heavy (non-hydrogen) atoms. The molecule has 3 aromatic rings. The molecule has 1 saturated carbocycles. The van der Waals surface area contributed by atoms with Crippen LogP contribution in [0.3, 0.4) is 0 Å². The Labute approximate surface area is 176 Å². The van der Waals surface area contributed by atoms with Crippen molar-refractivity contribution in [2.75, 3.05) is 6.26 Å². The van der Waals surface area contributed by atoms with Crippen LogP contribution in [0.2, 0.25) is 0 Å². The monoisotopic (exact) mass is 426 g/mol. The Morgan fingerprint density at radius 2 is 1.63 bits per heavy atom. The second-order valence-electron chi connectivity index (χ2n) is 8.22. The molecule has 158 valence electrons. The zero-order chi connectivity index (χ0) is 21.5. The van der Waals surface area contributed by atoms with Crippen molar-refractivity contribution in [3.05, 3.63) is 65.9 Å². The van der Waals surface area contributed by atoms with Crippen LogP contribution in [0.4, 0.5) is 0 Å². The predicted molar refractivity (Wildman–Crippen MR) is 115 cm³/mol. The van der Waals surface area contributed by atoms with Gasteiger partial charge in [-0.15, -0.1) is 0 Å². The molecule has 0 amide bonds. The number of nitrogens with zero attached hydrogens (tertiary/aromatic N) is 2. The van der Waals surface area contributed by atoms with Crippen LogP contribution in [-0.2, 0) is 15.4 Å². The lowest BCUT2D eigenvalue weighted by Gasteiger charge is -2.32. The van der Waals surface area contributed by atoms with Gasteiger partial charge in [0, 0.05) is 11.8 Å². The summed E-state index contributed by atoms with van der Waals surface area (Å²) >= 11 is 0. The number of hydrogen-bond acceptors (Lipinski definition) is 5. The highest BCUT2D eigenvalue weighted by Crippen LogP contribution is 2.38. The van der Waals surface area contributed by atoms with Crippen molar-refractivity contribution >= 4 is 9.84 Å². The molecule has 0 aliphatic heterocycles. The molecule has 0 saturated heterocycles. The maximum absolute atomic E-state index is 11.8. The summed E-state index contributed by atoms with van der Waals surface area (Å²) in [7, 11) is -3.29. The molecule has 6 nitrogen and oxygen atoms in total. The average Bonchev–Trinajstić information content (AvgIpc) is 3.17. The Hall–Kier alpha value is -2.48. The summed E-state index contributed by atoms with van der Waals surface area (Å²) in [6.45, 7) is 2.02. The van der Waals surface area contributed by atoms with Crippen molar-refractivity contribution in [3.8, 4) is 16.9 Å². The molecular formula is C23H26N2O4S. The molecular weight excluding hydrogens is 400 g/mol. The first kappa shape index (κ1) is 20.8. The molecule has 1 aliphatic rings. The molecule has 0 atom stereocenters. The number of rotatable bonds is 4. The molecule has 1 fully saturated rings. The molecule has 0 bridgehead atoms.